The van der Waals surface area contributed by atoms with E-state index in [9.17, 15) is 4.79 Å². The molecule has 1 aliphatic heterocycles. The zero-order chi connectivity index (χ0) is 14.5. The van der Waals surface area contributed by atoms with E-state index in [0.717, 1.165) is 32.6 Å². The summed E-state index contributed by atoms with van der Waals surface area (Å²) in [6.45, 7) is 5.26. The monoisotopic (exact) mass is 296 g/mol. The third-order valence-electron chi connectivity index (χ3n) is 3.52. The summed E-state index contributed by atoms with van der Waals surface area (Å²) in [6, 6.07) is 7.23. The molecule has 4 nitrogen and oxygen atoms in total. The van der Waals surface area contributed by atoms with Crippen LogP contribution in [0.1, 0.15) is 13.3 Å². The lowest BCUT2D eigenvalue weighted by molar-refractivity contribution is -0.137. The summed E-state index contributed by atoms with van der Waals surface area (Å²) in [4.78, 5) is 16.5. The molecule has 5 heteroatoms. The highest BCUT2D eigenvalue weighted by atomic mass is 35.5. The SMILES string of the molecule is C[C@@H](Oc1ccccc1Cl)C(=O)N1CCCN(C)CC1. The van der Waals surface area contributed by atoms with E-state index in [1.54, 1.807) is 19.1 Å². The van der Waals surface area contributed by atoms with Crippen molar-refractivity contribution in [2.24, 2.45) is 0 Å². The third-order valence-corrected chi connectivity index (χ3v) is 3.83. The van der Waals surface area contributed by atoms with Gasteiger partial charge in [-0.2, -0.15) is 0 Å². The molecule has 1 amide bonds. The van der Waals surface area contributed by atoms with E-state index in [1.165, 1.54) is 0 Å². The van der Waals surface area contributed by atoms with Crippen molar-refractivity contribution in [3.8, 4) is 5.75 Å². The van der Waals surface area contributed by atoms with Crippen LogP contribution in [0.25, 0.3) is 0 Å². The fourth-order valence-corrected chi connectivity index (χ4v) is 2.49. The van der Waals surface area contributed by atoms with Crippen LogP contribution in [0.15, 0.2) is 24.3 Å². The number of ether oxygens (including phenoxy) is 1. The number of amides is 1. The van der Waals surface area contributed by atoms with E-state index in [4.69, 9.17) is 16.3 Å². The molecule has 1 fully saturated rings. The van der Waals surface area contributed by atoms with E-state index >= 15 is 0 Å². The summed E-state index contributed by atoms with van der Waals surface area (Å²) < 4.78 is 5.69. The van der Waals surface area contributed by atoms with Gasteiger partial charge in [0.25, 0.3) is 5.91 Å². The average molecular weight is 297 g/mol. The lowest BCUT2D eigenvalue weighted by atomic mass is 10.3. The molecule has 1 aromatic rings. The smallest absolute Gasteiger partial charge is 0.263 e. The second kappa shape index (κ2) is 6.95. The molecular weight excluding hydrogens is 276 g/mol. The summed E-state index contributed by atoms with van der Waals surface area (Å²) >= 11 is 6.05. The van der Waals surface area contributed by atoms with Crippen LogP contribution in [-0.4, -0.2) is 55.0 Å². The predicted molar refractivity (Wildman–Crippen MR) is 80.2 cm³/mol. The Morgan fingerprint density at radius 1 is 1.25 bits per heavy atom. The molecule has 1 atom stereocenters. The summed E-state index contributed by atoms with van der Waals surface area (Å²) in [7, 11) is 2.08. The first-order valence-corrected chi connectivity index (χ1v) is 7.34. The first kappa shape index (κ1) is 15.1. The Labute approximate surface area is 125 Å². The summed E-state index contributed by atoms with van der Waals surface area (Å²) in [6.07, 6.45) is 0.486. The molecule has 1 aromatic carbocycles. The number of nitrogens with zero attached hydrogens (tertiary/aromatic N) is 2. The number of halogens is 1. The van der Waals surface area contributed by atoms with Gasteiger partial charge in [-0.25, -0.2) is 0 Å². The fourth-order valence-electron chi connectivity index (χ4n) is 2.31. The number of hydrogen-bond donors (Lipinski definition) is 0. The van der Waals surface area contributed by atoms with Gasteiger partial charge in [0.2, 0.25) is 0 Å². The molecule has 20 heavy (non-hydrogen) atoms. The predicted octanol–water partition coefficient (Wildman–Crippen LogP) is 2.27. The number of benzene rings is 1. The molecule has 0 saturated carbocycles. The lowest BCUT2D eigenvalue weighted by Crippen LogP contribution is -2.42. The van der Waals surface area contributed by atoms with E-state index in [-0.39, 0.29) is 5.91 Å². The second-order valence-electron chi connectivity index (χ2n) is 5.17. The Hall–Kier alpha value is -1.26. The van der Waals surface area contributed by atoms with Crippen molar-refractivity contribution in [1.82, 2.24) is 9.80 Å². The second-order valence-corrected chi connectivity index (χ2v) is 5.58. The maximum absolute atomic E-state index is 12.4. The topological polar surface area (TPSA) is 32.8 Å². The molecule has 1 saturated heterocycles. The van der Waals surface area contributed by atoms with Gasteiger partial charge in [0.1, 0.15) is 5.75 Å². The first-order valence-electron chi connectivity index (χ1n) is 6.96. The lowest BCUT2D eigenvalue weighted by Gasteiger charge is -2.24. The number of para-hydroxylation sites is 1. The van der Waals surface area contributed by atoms with Crippen LogP contribution in [0.3, 0.4) is 0 Å². The highest BCUT2D eigenvalue weighted by Gasteiger charge is 2.24. The van der Waals surface area contributed by atoms with E-state index in [2.05, 4.69) is 11.9 Å². The Morgan fingerprint density at radius 2 is 2.00 bits per heavy atom. The van der Waals surface area contributed by atoms with Crippen LogP contribution in [0.5, 0.6) is 5.75 Å². The zero-order valence-electron chi connectivity index (χ0n) is 12.0. The van der Waals surface area contributed by atoms with Gasteiger partial charge in [0, 0.05) is 19.6 Å². The highest BCUT2D eigenvalue weighted by molar-refractivity contribution is 6.32. The number of rotatable bonds is 3. The third kappa shape index (κ3) is 3.87. The van der Waals surface area contributed by atoms with Crippen molar-refractivity contribution in [2.75, 3.05) is 33.2 Å². The number of likely N-dealkylation sites (N-methyl/N-ethyl adjacent to an activating group) is 1. The van der Waals surface area contributed by atoms with Crippen molar-refractivity contribution in [2.45, 2.75) is 19.4 Å². The summed E-state index contributed by atoms with van der Waals surface area (Å²) in [5.74, 6) is 0.585. The zero-order valence-corrected chi connectivity index (χ0v) is 12.8. The molecule has 0 bridgehead atoms. The maximum Gasteiger partial charge on any atom is 0.263 e. The Morgan fingerprint density at radius 3 is 2.75 bits per heavy atom. The van der Waals surface area contributed by atoms with Crippen LogP contribution < -0.4 is 4.74 Å². The van der Waals surface area contributed by atoms with Crippen LogP contribution >= 0.6 is 11.6 Å². The van der Waals surface area contributed by atoms with Gasteiger partial charge in [-0.15, -0.1) is 0 Å². The molecule has 110 valence electrons. The quantitative estimate of drug-likeness (QED) is 0.858. The summed E-state index contributed by atoms with van der Waals surface area (Å²) in [5, 5.41) is 0.530. The van der Waals surface area contributed by atoms with Gasteiger partial charge in [-0.1, -0.05) is 23.7 Å². The van der Waals surface area contributed by atoms with Gasteiger partial charge in [0.15, 0.2) is 6.10 Å². The molecule has 0 aromatic heterocycles. The van der Waals surface area contributed by atoms with Gasteiger partial charge in [-0.3, -0.25) is 4.79 Å². The highest BCUT2D eigenvalue weighted by Crippen LogP contribution is 2.24. The van der Waals surface area contributed by atoms with Crippen LogP contribution in [0.4, 0.5) is 0 Å². The van der Waals surface area contributed by atoms with E-state index in [1.807, 2.05) is 17.0 Å². The van der Waals surface area contributed by atoms with Crippen LogP contribution in [0.2, 0.25) is 5.02 Å². The molecule has 0 N–H and O–H groups in total. The standard InChI is InChI=1S/C15H21ClN2O2/c1-12(20-14-7-4-3-6-13(14)16)15(19)18-9-5-8-17(2)10-11-18/h3-4,6-7,12H,5,8-11H2,1-2H3/t12-/m1/s1. The minimum atomic E-state index is -0.515. The Balaban J connectivity index is 1.96. The molecular formula is C15H21ClN2O2. The Kier molecular flexibility index (Phi) is 5.26. The van der Waals surface area contributed by atoms with Crippen molar-refractivity contribution < 1.29 is 9.53 Å². The molecule has 1 heterocycles. The fraction of sp³-hybridized carbons (Fsp3) is 0.533. The minimum absolute atomic E-state index is 0.0280. The molecule has 0 aliphatic carbocycles. The number of carbonyl (C=O) groups is 1. The van der Waals surface area contributed by atoms with Gasteiger partial charge in [-0.05, 0) is 39.1 Å². The van der Waals surface area contributed by atoms with Gasteiger partial charge >= 0.3 is 0 Å². The molecule has 0 unspecified atom stereocenters. The number of carbonyl (C=O) groups excluding carboxylic acids is 1. The molecule has 1 aliphatic rings. The first-order chi connectivity index (χ1) is 9.58. The maximum atomic E-state index is 12.4. The Bertz CT molecular complexity index is 467. The van der Waals surface area contributed by atoms with Crippen molar-refractivity contribution in [1.29, 1.82) is 0 Å². The van der Waals surface area contributed by atoms with Crippen molar-refractivity contribution >= 4 is 17.5 Å². The van der Waals surface area contributed by atoms with Gasteiger partial charge < -0.3 is 14.5 Å². The molecule has 2 rings (SSSR count). The molecule has 0 spiro atoms. The van der Waals surface area contributed by atoms with Crippen molar-refractivity contribution in [3.63, 3.8) is 0 Å². The average Bonchev–Trinajstić information content (AvgIpc) is 2.65. The normalized spacial score (nSPS) is 18.4. The van der Waals surface area contributed by atoms with Crippen LogP contribution in [0, 0.1) is 0 Å². The largest absolute Gasteiger partial charge is 0.479 e. The van der Waals surface area contributed by atoms with Crippen LogP contribution in [-0.2, 0) is 4.79 Å². The number of hydrogen-bond acceptors (Lipinski definition) is 3. The van der Waals surface area contributed by atoms with Crippen molar-refractivity contribution in [3.05, 3.63) is 29.3 Å². The van der Waals surface area contributed by atoms with E-state index < -0.39 is 6.10 Å². The van der Waals surface area contributed by atoms with Gasteiger partial charge in [0.05, 0.1) is 5.02 Å². The minimum Gasteiger partial charge on any atom is -0.479 e. The van der Waals surface area contributed by atoms with E-state index in [0.29, 0.717) is 10.8 Å². The summed E-state index contributed by atoms with van der Waals surface area (Å²) in [5.41, 5.74) is 0. The molecule has 0 radical (unpaired) electrons.